The predicted molar refractivity (Wildman–Crippen MR) is 85.6 cm³/mol. The molecule has 0 bridgehead atoms. The molecule has 1 fully saturated rings. The number of imidazole rings is 1. The fourth-order valence-electron chi connectivity index (χ4n) is 2.84. The molecule has 2 aromatic heterocycles. The minimum Gasteiger partial charge on any atom is -0.387 e. The fourth-order valence-corrected chi connectivity index (χ4v) is 2.84. The number of hydrogen-bond acceptors (Lipinski definition) is 5. The molecule has 4 rings (SSSR count). The zero-order chi connectivity index (χ0) is 14.8. The van der Waals surface area contributed by atoms with Crippen LogP contribution in [0, 0.1) is 0 Å². The van der Waals surface area contributed by atoms with Crippen LogP contribution in [0.1, 0.15) is 18.5 Å². The summed E-state index contributed by atoms with van der Waals surface area (Å²) in [5.74, 6) is 0.886. The molecule has 2 aliphatic rings. The van der Waals surface area contributed by atoms with Crippen LogP contribution in [0.3, 0.4) is 0 Å². The summed E-state index contributed by atoms with van der Waals surface area (Å²) < 4.78 is 7.30. The molecule has 0 aliphatic carbocycles. The van der Waals surface area contributed by atoms with E-state index in [2.05, 4.69) is 21.7 Å². The van der Waals surface area contributed by atoms with Crippen molar-refractivity contribution in [3.05, 3.63) is 42.4 Å². The average Bonchev–Trinajstić information content (AvgIpc) is 3.00. The predicted octanol–water partition coefficient (Wildman–Crippen LogP) is 1.82. The lowest BCUT2D eigenvalue weighted by molar-refractivity contribution is 0.0903. The van der Waals surface area contributed by atoms with Gasteiger partial charge in [-0.2, -0.15) is 0 Å². The third-order valence-corrected chi connectivity index (χ3v) is 4.05. The van der Waals surface area contributed by atoms with Crippen LogP contribution in [0.15, 0.2) is 36.7 Å². The Bertz CT molecular complexity index is 727. The van der Waals surface area contributed by atoms with E-state index < -0.39 is 0 Å². The van der Waals surface area contributed by atoms with Gasteiger partial charge in [0, 0.05) is 31.4 Å². The largest absolute Gasteiger partial charge is 0.387 e. The summed E-state index contributed by atoms with van der Waals surface area (Å²) in [5, 5.41) is 11.4. The summed E-state index contributed by atoms with van der Waals surface area (Å²) in [6.45, 7) is 2.47. The van der Waals surface area contributed by atoms with Crippen molar-refractivity contribution in [2.24, 2.45) is 0 Å². The van der Waals surface area contributed by atoms with Gasteiger partial charge in [-0.25, -0.2) is 9.50 Å². The van der Waals surface area contributed by atoms with E-state index in [-0.39, 0.29) is 0 Å². The maximum atomic E-state index is 5.40. The Kier molecular flexibility index (Phi) is 3.52. The van der Waals surface area contributed by atoms with Gasteiger partial charge in [-0.1, -0.05) is 6.08 Å². The van der Waals surface area contributed by atoms with Crippen LogP contribution in [0.4, 0.5) is 5.82 Å². The van der Waals surface area contributed by atoms with Crippen LogP contribution in [0.5, 0.6) is 0 Å². The third kappa shape index (κ3) is 2.57. The molecular formula is C16H19N5O. The molecule has 4 heterocycles. The summed E-state index contributed by atoms with van der Waals surface area (Å²) >= 11 is 0. The van der Waals surface area contributed by atoms with E-state index in [1.807, 2.05) is 35.1 Å². The lowest BCUT2D eigenvalue weighted by Gasteiger charge is -2.23. The number of fused-ring (bicyclic) bond motifs is 1. The van der Waals surface area contributed by atoms with Crippen molar-refractivity contribution < 1.29 is 4.74 Å². The molecule has 0 atom stereocenters. The molecule has 0 radical (unpaired) electrons. The van der Waals surface area contributed by atoms with Gasteiger partial charge in [-0.15, -0.1) is 5.10 Å². The Morgan fingerprint density at radius 3 is 3.00 bits per heavy atom. The second-order valence-corrected chi connectivity index (χ2v) is 5.56. The quantitative estimate of drug-likeness (QED) is 0.905. The number of dihydropyridines is 1. The second-order valence-electron chi connectivity index (χ2n) is 5.56. The lowest BCUT2D eigenvalue weighted by atomic mass is 10.1. The number of ether oxygens (including phenoxy) is 1. The van der Waals surface area contributed by atoms with Crippen LogP contribution >= 0.6 is 0 Å². The molecule has 2 N–H and O–H groups in total. The highest BCUT2D eigenvalue weighted by molar-refractivity contribution is 5.74. The Morgan fingerprint density at radius 2 is 2.18 bits per heavy atom. The molecule has 2 aliphatic heterocycles. The summed E-state index contributed by atoms with van der Waals surface area (Å²) in [5.41, 5.74) is 3.02. The van der Waals surface area contributed by atoms with E-state index >= 15 is 0 Å². The zero-order valence-electron chi connectivity index (χ0n) is 12.3. The zero-order valence-corrected chi connectivity index (χ0v) is 12.3. The molecular weight excluding hydrogens is 278 g/mol. The summed E-state index contributed by atoms with van der Waals surface area (Å²) in [4.78, 5) is 4.44. The Hall–Kier alpha value is -2.34. The summed E-state index contributed by atoms with van der Waals surface area (Å²) in [6, 6.07) is 4.43. The number of hydrogen-bond donors (Lipinski definition) is 2. The van der Waals surface area contributed by atoms with Crippen LogP contribution in [-0.4, -0.2) is 40.4 Å². The number of nitrogens with zero attached hydrogens (tertiary/aromatic N) is 3. The van der Waals surface area contributed by atoms with Gasteiger partial charge in [0.25, 0.3) is 0 Å². The van der Waals surface area contributed by atoms with E-state index in [0.29, 0.717) is 6.04 Å². The van der Waals surface area contributed by atoms with Gasteiger partial charge in [-0.05, 0) is 37.3 Å². The standard InChI is InChI=1S/C16H19N5O/c1-2-16-18-11-14(12-3-7-17-8-4-12)21(16)20-15(1)19-13-5-9-22-10-6-13/h1-4,7,11,13,17H,5-6,8-10H2,(H,19,20). The molecule has 0 spiro atoms. The van der Waals surface area contributed by atoms with Crippen LogP contribution < -0.4 is 10.6 Å². The monoisotopic (exact) mass is 297 g/mol. The molecule has 6 heteroatoms. The number of anilines is 1. The van der Waals surface area contributed by atoms with E-state index in [0.717, 1.165) is 55.3 Å². The van der Waals surface area contributed by atoms with Gasteiger partial charge in [0.1, 0.15) is 5.82 Å². The maximum absolute atomic E-state index is 5.40. The average molecular weight is 297 g/mol. The van der Waals surface area contributed by atoms with Gasteiger partial charge < -0.3 is 15.4 Å². The van der Waals surface area contributed by atoms with Gasteiger partial charge in [-0.3, -0.25) is 0 Å². The minimum absolute atomic E-state index is 0.434. The Labute approximate surface area is 128 Å². The molecule has 0 amide bonds. The molecule has 0 unspecified atom stereocenters. The molecule has 6 nitrogen and oxygen atoms in total. The van der Waals surface area contributed by atoms with Crippen molar-refractivity contribution >= 4 is 17.0 Å². The molecule has 2 aromatic rings. The van der Waals surface area contributed by atoms with Crippen LogP contribution in [0.25, 0.3) is 11.2 Å². The highest BCUT2D eigenvalue weighted by Crippen LogP contribution is 2.20. The first-order valence-electron chi connectivity index (χ1n) is 7.70. The van der Waals surface area contributed by atoms with Crippen molar-refractivity contribution in [3.63, 3.8) is 0 Å². The maximum Gasteiger partial charge on any atom is 0.154 e. The van der Waals surface area contributed by atoms with Crippen molar-refractivity contribution in [2.75, 3.05) is 25.1 Å². The molecule has 114 valence electrons. The number of rotatable bonds is 3. The van der Waals surface area contributed by atoms with E-state index in [4.69, 9.17) is 9.84 Å². The first kappa shape index (κ1) is 13.3. The topological polar surface area (TPSA) is 63.5 Å². The van der Waals surface area contributed by atoms with Crippen LogP contribution in [0.2, 0.25) is 0 Å². The van der Waals surface area contributed by atoms with Crippen LogP contribution in [-0.2, 0) is 4.74 Å². The van der Waals surface area contributed by atoms with Crippen molar-refractivity contribution in [1.29, 1.82) is 0 Å². The van der Waals surface area contributed by atoms with Gasteiger partial charge in [0.05, 0.1) is 11.9 Å². The molecule has 0 aromatic carbocycles. The SMILES string of the molecule is C1=CC(c2cnc3ccc(NC4CCOCC4)nn23)=CCN1. The lowest BCUT2D eigenvalue weighted by Crippen LogP contribution is -2.28. The molecule has 0 saturated carbocycles. The minimum atomic E-state index is 0.434. The summed E-state index contributed by atoms with van der Waals surface area (Å²) in [6.07, 6.45) is 10.1. The second kappa shape index (κ2) is 5.81. The third-order valence-electron chi connectivity index (χ3n) is 4.05. The first-order valence-corrected chi connectivity index (χ1v) is 7.70. The smallest absolute Gasteiger partial charge is 0.154 e. The number of nitrogens with one attached hydrogen (secondary N) is 2. The van der Waals surface area contributed by atoms with Gasteiger partial charge >= 0.3 is 0 Å². The van der Waals surface area contributed by atoms with Gasteiger partial charge in [0.2, 0.25) is 0 Å². The number of allylic oxidation sites excluding steroid dienone is 2. The van der Waals surface area contributed by atoms with Crippen molar-refractivity contribution in [1.82, 2.24) is 19.9 Å². The Balaban J connectivity index is 1.64. The van der Waals surface area contributed by atoms with Gasteiger partial charge in [0.15, 0.2) is 5.65 Å². The van der Waals surface area contributed by atoms with E-state index in [9.17, 15) is 0 Å². The summed E-state index contributed by atoms with van der Waals surface area (Å²) in [7, 11) is 0. The number of aromatic nitrogens is 3. The fraction of sp³-hybridized carbons (Fsp3) is 0.375. The molecule has 1 saturated heterocycles. The van der Waals surface area contributed by atoms with Crippen molar-refractivity contribution in [2.45, 2.75) is 18.9 Å². The molecule has 22 heavy (non-hydrogen) atoms. The van der Waals surface area contributed by atoms with E-state index in [1.165, 1.54) is 0 Å². The first-order chi connectivity index (χ1) is 10.9. The normalized spacial score (nSPS) is 19.0. The highest BCUT2D eigenvalue weighted by Gasteiger charge is 2.15. The van der Waals surface area contributed by atoms with E-state index in [1.54, 1.807) is 0 Å². The van der Waals surface area contributed by atoms with Crippen molar-refractivity contribution in [3.8, 4) is 0 Å². The highest BCUT2D eigenvalue weighted by atomic mass is 16.5. The Morgan fingerprint density at radius 1 is 1.27 bits per heavy atom.